The Balaban J connectivity index is 1.88. The van der Waals surface area contributed by atoms with E-state index in [9.17, 15) is 4.79 Å². The molecule has 0 heterocycles. The van der Waals surface area contributed by atoms with Gasteiger partial charge in [0.1, 0.15) is 12.4 Å². The summed E-state index contributed by atoms with van der Waals surface area (Å²) in [6.45, 7) is 1.70. The highest BCUT2D eigenvalue weighted by Crippen LogP contribution is 2.16. The fraction of sp³-hybridized carbons (Fsp3) is 0.278. The number of rotatable bonds is 8. The Hall–Kier alpha value is -2.04. The van der Waals surface area contributed by atoms with E-state index in [1.54, 1.807) is 12.1 Å². The van der Waals surface area contributed by atoms with E-state index in [0.29, 0.717) is 36.0 Å². The van der Waals surface area contributed by atoms with E-state index >= 15 is 0 Å². The number of halogens is 1. The van der Waals surface area contributed by atoms with Gasteiger partial charge in [0.05, 0.1) is 0 Å². The average Bonchev–Trinajstić information content (AvgIpc) is 2.58. The Morgan fingerprint density at radius 1 is 1.13 bits per heavy atom. The summed E-state index contributed by atoms with van der Waals surface area (Å²) >= 11 is 5.85. The normalized spacial score (nSPS) is 10.3. The minimum absolute atomic E-state index is 0.0982. The van der Waals surface area contributed by atoms with Crippen molar-refractivity contribution in [1.82, 2.24) is 5.32 Å². The first-order chi connectivity index (χ1) is 11.2. The molecular formula is C18H21ClN2O2. The first-order valence-electron chi connectivity index (χ1n) is 7.64. The van der Waals surface area contributed by atoms with Crippen molar-refractivity contribution >= 4 is 17.5 Å². The first-order valence-corrected chi connectivity index (χ1v) is 8.02. The van der Waals surface area contributed by atoms with Crippen molar-refractivity contribution in [1.29, 1.82) is 0 Å². The molecule has 2 rings (SSSR count). The second-order valence-electron chi connectivity index (χ2n) is 5.19. The van der Waals surface area contributed by atoms with Crippen molar-refractivity contribution in [2.45, 2.75) is 19.4 Å². The molecule has 3 N–H and O–H groups in total. The maximum Gasteiger partial charge on any atom is 0.251 e. The summed E-state index contributed by atoms with van der Waals surface area (Å²) < 4.78 is 5.73. The van der Waals surface area contributed by atoms with Gasteiger partial charge in [-0.3, -0.25) is 4.79 Å². The zero-order valence-corrected chi connectivity index (χ0v) is 13.7. The van der Waals surface area contributed by atoms with Gasteiger partial charge in [-0.05, 0) is 55.3 Å². The molecule has 0 aromatic heterocycles. The molecule has 23 heavy (non-hydrogen) atoms. The van der Waals surface area contributed by atoms with Gasteiger partial charge < -0.3 is 15.8 Å². The minimum atomic E-state index is -0.0982. The van der Waals surface area contributed by atoms with E-state index < -0.39 is 0 Å². The predicted molar refractivity (Wildman–Crippen MR) is 92.8 cm³/mol. The lowest BCUT2D eigenvalue weighted by Crippen LogP contribution is -2.24. The van der Waals surface area contributed by atoms with Crippen LogP contribution in [0, 0.1) is 0 Å². The van der Waals surface area contributed by atoms with E-state index in [1.807, 2.05) is 36.4 Å². The van der Waals surface area contributed by atoms with Crippen LogP contribution in [0.5, 0.6) is 5.75 Å². The van der Waals surface area contributed by atoms with Gasteiger partial charge in [-0.15, -0.1) is 0 Å². The van der Waals surface area contributed by atoms with Crippen LogP contribution in [0.2, 0.25) is 5.02 Å². The number of ether oxygens (including phenoxy) is 1. The van der Waals surface area contributed by atoms with Crippen molar-refractivity contribution in [3.05, 3.63) is 64.7 Å². The lowest BCUT2D eigenvalue weighted by atomic mass is 10.2. The molecule has 0 saturated carbocycles. The third-order valence-corrected chi connectivity index (χ3v) is 3.58. The molecule has 0 aliphatic heterocycles. The molecule has 0 saturated heterocycles. The standard InChI is InChI=1S/C18H21ClN2O2/c19-16-8-6-14(7-9-16)13-23-17-5-3-4-15(12-17)18(22)21-11-2-1-10-20/h3-9,12H,1-2,10-11,13,20H2,(H,21,22). The van der Waals surface area contributed by atoms with Crippen LogP contribution >= 0.6 is 11.6 Å². The summed E-state index contributed by atoms with van der Waals surface area (Å²) in [5.74, 6) is 0.563. The summed E-state index contributed by atoms with van der Waals surface area (Å²) in [5.41, 5.74) is 7.04. The fourth-order valence-electron chi connectivity index (χ4n) is 2.05. The second kappa shape index (κ2) is 9.18. The molecule has 0 spiro atoms. The maximum atomic E-state index is 12.1. The smallest absolute Gasteiger partial charge is 0.251 e. The summed E-state index contributed by atoms with van der Waals surface area (Å²) in [5, 5.41) is 3.57. The Kier molecular flexibility index (Phi) is 6.91. The van der Waals surface area contributed by atoms with Gasteiger partial charge in [0.15, 0.2) is 0 Å². The van der Waals surface area contributed by atoms with Gasteiger partial charge in [0.2, 0.25) is 0 Å². The van der Waals surface area contributed by atoms with Crippen LogP contribution < -0.4 is 15.8 Å². The van der Waals surface area contributed by atoms with Gasteiger partial charge in [0, 0.05) is 17.1 Å². The maximum absolute atomic E-state index is 12.1. The van der Waals surface area contributed by atoms with E-state index in [1.165, 1.54) is 0 Å². The van der Waals surface area contributed by atoms with E-state index in [-0.39, 0.29) is 5.91 Å². The zero-order chi connectivity index (χ0) is 16.5. The van der Waals surface area contributed by atoms with Crippen LogP contribution in [-0.2, 0) is 6.61 Å². The Labute approximate surface area is 141 Å². The van der Waals surface area contributed by atoms with Crippen LogP contribution in [0.25, 0.3) is 0 Å². The Morgan fingerprint density at radius 3 is 2.65 bits per heavy atom. The molecule has 5 heteroatoms. The quantitative estimate of drug-likeness (QED) is 0.728. The molecule has 0 unspecified atom stereocenters. The molecule has 4 nitrogen and oxygen atoms in total. The molecule has 2 aromatic carbocycles. The molecule has 0 fully saturated rings. The Bertz CT molecular complexity index is 629. The highest BCUT2D eigenvalue weighted by Gasteiger charge is 2.06. The van der Waals surface area contributed by atoms with Gasteiger partial charge in [-0.1, -0.05) is 29.8 Å². The third kappa shape index (κ3) is 5.93. The molecular weight excluding hydrogens is 312 g/mol. The number of nitrogens with two attached hydrogens (primary N) is 1. The number of hydrogen-bond donors (Lipinski definition) is 2. The summed E-state index contributed by atoms with van der Waals surface area (Å²) in [7, 11) is 0. The first kappa shape index (κ1) is 17.3. The third-order valence-electron chi connectivity index (χ3n) is 3.33. The molecule has 0 aliphatic carbocycles. The van der Waals surface area contributed by atoms with Crippen LogP contribution in [0.15, 0.2) is 48.5 Å². The van der Waals surface area contributed by atoms with Gasteiger partial charge in [-0.25, -0.2) is 0 Å². The van der Waals surface area contributed by atoms with Crippen LogP contribution in [0.3, 0.4) is 0 Å². The van der Waals surface area contributed by atoms with Gasteiger partial charge in [-0.2, -0.15) is 0 Å². The molecule has 1 amide bonds. The Morgan fingerprint density at radius 2 is 1.91 bits per heavy atom. The number of amides is 1. The highest BCUT2D eigenvalue weighted by atomic mass is 35.5. The molecule has 0 radical (unpaired) electrons. The average molecular weight is 333 g/mol. The van der Waals surface area contributed by atoms with Crippen molar-refractivity contribution in [3.63, 3.8) is 0 Å². The lowest BCUT2D eigenvalue weighted by Gasteiger charge is -2.09. The summed E-state index contributed by atoms with van der Waals surface area (Å²) in [6, 6.07) is 14.6. The fourth-order valence-corrected chi connectivity index (χ4v) is 2.17. The van der Waals surface area contributed by atoms with E-state index in [0.717, 1.165) is 18.4 Å². The minimum Gasteiger partial charge on any atom is -0.489 e. The number of benzene rings is 2. The second-order valence-corrected chi connectivity index (χ2v) is 5.63. The SMILES string of the molecule is NCCCCNC(=O)c1cccc(OCc2ccc(Cl)cc2)c1. The number of carbonyl (C=O) groups excluding carboxylic acids is 1. The molecule has 0 atom stereocenters. The van der Waals surface area contributed by atoms with Crippen LogP contribution in [-0.4, -0.2) is 19.0 Å². The molecule has 2 aromatic rings. The zero-order valence-electron chi connectivity index (χ0n) is 12.9. The largest absolute Gasteiger partial charge is 0.489 e. The molecule has 0 bridgehead atoms. The van der Waals surface area contributed by atoms with Crippen LogP contribution in [0.4, 0.5) is 0 Å². The van der Waals surface area contributed by atoms with Crippen molar-refractivity contribution in [2.75, 3.05) is 13.1 Å². The number of nitrogens with one attached hydrogen (secondary N) is 1. The summed E-state index contributed by atoms with van der Waals surface area (Å²) in [6.07, 6.45) is 1.79. The number of carbonyl (C=O) groups is 1. The summed E-state index contributed by atoms with van der Waals surface area (Å²) in [4.78, 5) is 12.1. The highest BCUT2D eigenvalue weighted by molar-refractivity contribution is 6.30. The predicted octanol–water partition coefficient (Wildman–Crippen LogP) is 3.39. The van der Waals surface area contributed by atoms with Crippen molar-refractivity contribution < 1.29 is 9.53 Å². The van der Waals surface area contributed by atoms with Crippen LogP contribution in [0.1, 0.15) is 28.8 Å². The number of unbranched alkanes of at least 4 members (excludes halogenated alkanes) is 1. The topological polar surface area (TPSA) is 64.3 Å². The van der Waals surface area contributed by atoms with E-state index in [4.69, 9.17) is 22.1 Å². The lowest BCUT2D eigenvalue weighted by molar-refractivity contribution is 0.0952. The van der Waals surface area contributed by atoms with E-state index in [2.05, 4.69) is 5.32 Å². The number of hydrogen-bond acceptors (Lipinski definition) is 3. The van der Waals surface area contributed by atoms with Crippen molar-refractivity contribution in [3.8, 4) is 5.75 Å². The molecule has 122 valence electrons. The molecule has 0 aliphatic rings. The van der Waals surface area contributed by atoms with Crippen molar-refractivity contribution in [2.24, 2.45) is 5.73 Å². The van der Waals surface area contributed by atoms with Gasteiger partial charge >= 0.3 is 0 Å². The van der Waals surface area contributed by atoms with Gasteiger partial charge in [0.25, 0.3) is 5.91 Å². The monoisotopic (exact) mass is 332 g/mol.